The lowest BCUT2D eigenvalue weighted by Gasteiger charge is -2.13. The van der Waals surface area contributed by atoms with E-state index in [9.17, 15) is 9.59 Å². The van der Waals surface area contributed by atoms with Crippen LogP contribution >= 0.6 is 15.9 Å². The van der Waals surface area contributed by atoms with Crippen LogP contribution in [0.3, 0.4) is 0 Å². The minimum Gasteiger partial charge on any atom is -0.354 e. The number of ether oxygens (including phenoxy) is 2. The molecule has 19 heavy (non-hydrogen) atoms. The van der Waals surface area contributed by atoms with E-state index in [1.54, 1.807) is 18.2 Å². The summed E-state index contributed by atoms with van der Waals surface area (Å²) < 4.78 is 10.6. The van der Waals surface area contributed by atoms with Gasteiger partial charge >= 0.3 is 11.8 Å². The zero-order chi connectivity index (χ0) is 14.3. The van der Waals surface area contributed by atoms with Crippen molar-refractivity contribution in [1.82, 2.24) is 5.32 Å². The van der Waals surface area contributed by atoms with Crippen molar-refractivity contribution in [2.24, 2.45) is 0 Å². The predicted octanol–water partition coefficient (Wildman–Crippen LogP) is 1.12. The Morgan fingerprint density at radius 2 is 1.95 bits per heavy atom. The van der Waals surface area contributed by atoms with Gasteiger partial charge in [0.05, 0.1) is 6.54 Å². The maximum absolute atomic E-state index is 11.6. The van der Waals surface area contributed by atoms with E-state index in [0.29, 0.717) is 5.69 Å². The van der Waals surface area contributed by atoms with Crippen LogP contribution in [-0.4, -0.2) is 38.9 Å². The van der Waals surface area contributed by atoms with Crippen molar-refractivity contribution in [3.05, 3.63) is 28.7 Å². The molecular formula is C12H15BrN2O4. The van der Waals surface area contributed by atoms with Gasteiger partial charge in [-0.3, -0.25) is 9.59 Å². The average molecular weight is 331 g/mol. The van der Waals surface area contributed by atoms with Gasteiger partial charge < -0.3 is 20.1 Å². The molecule has 0 spiro atoms. The van der Waals surface area contributed by atoms with E-state index in [1.165, 1.54) is 14.2 Å². The van der Waals surface area contributed by atoms with Crippen molar-refractivity contribution < 1.29 is 19.1 Å². The number of anilines is 1. The Morgan fingerprint density at radius 1 is 1.26 bits per heavy atom. The number of hydrogen-bond donors (Lipinski definition) is 2. The standard InChI is InChI=1S/C12H15BrN2O4/c1-18-10(19-2)7-14-11(16)12(17)15-9-5-3-4-8(13)6-9/h3-6,10H,7H2,1-2H3,(H,14,16)(H,15,17). The van der Waals surface area contributed by atoms with Gasteiger partial charge in [-0.15, -0.1) is 0 Å². The maximum Gasteiger partial charge on any atom is 0.313 e. The van der Waals surface area contributed by atoms with Gasteiger partial charge in [0.25, 0.3) is 0 Å². The van der Waals surface area contributed by atoms with Gasteiger partial charge in [-0.25, -0.2) is 0 Å². The third kappa shape index (κ3) is 5.37. The van der Waals surface area contributed by atoms with Crippen LogP contribution in [0.5, 0.6) is 0 Å². The van der Waals surface area contributed by atoms with E-state index in [4.69, 9.17) is 9.47 Å². The fourth-order valence-corrected chi connectivity index (χ4v) is 1.67. The van der Waals surface area contributed by atoms with Crippen molar-refractivity contribution >= 4 is 33.4 Å². The molecule has 2 amide bonds. The number of benzene rings is 1. The van der Waals surface area contributed by atoms with Gasteiger partial charge in [-0.05, 0) is 18.2 Å². The summed E-state index contributed by atoms with van der Waals surface area (Å²) in [7, 11) is 2.89. The van der Waals surface area contributed by atoms with Gasteiger partial charge in [0.15, 0.2) is 6.29 Å². The molecule has 0 aliphatic heterocycles. The molecule has 1 rings (SSSR count). The molecular weight excluding hydrogens is 316 g/mol. The number of carbonyl (C=O) groups is 2. The lowest BCUT2D eigenvalue weighted by Crippen LogP contribution is -2.40. The van der Waals surface area contributed by atoms with Crippen LogP contribution < -0.4 is 10.6 Å². The van der Waals surface area contributed by atoms with Crippen LogP contribution in [0.25, 0.3) is 0 Å². The number of halogens is 1. The molecule has 0 radical (unpaired) electrons. The molecule has 0 aromatic heterocycles. The summed E-state index contributed by atoms with van der Waals surface area (Å²) in [6.45, 7) is 0.0950. The van der Waals surface area contributed by atoms with E-state index in [-0.39, 0.29) is 6.54 Å². The van der Waals surface area contributed by atoms with Crippen LogP contribution in [0.4, 0.5) is 5.69 Å². The summed E-state index contributed by atoms with van der Waals surface area (Å²) in [4.78, 5) is 23.1. The van der Waals surface area contributed by atoms with E-state index in [2.05, 4.69) is 26.6 Å². The Labute approximate surface area is 119 Å². The molecule has 0 unspecified atom stereocenters. The number of amides is 2. The van der Waals surface area contributed by atoms with Crippen LogP contribution in [0.2, 0.25) is 0 Å². The second-order valence-corrected chi connectivity index (χ2v) is 4.49. The van der Waals surface area contributed by atoms with E-state index in [1.807, 2.05) is 6.07 Å². The molecule has 0 aliphatic carbocycles. The van der Waals surface area contributed by atoms with Gasteiger partial charge in [0.1, 0.15) is 0 Å². The highest BCUT2D eigenvalue weighted by Gasteiger charge is 2.15. The van der Waals surface area contributed by atoms with Crippen LogP contribution in [0, 0.1) is 0 Å². The first kappa shape index (κ1) is 15.6. The SMILES string of the molecule is COC(CNC(=O)C(=O)Nc1cccc(Br)c1)OC. The fraction of sp³-hybridized carbons (Fsp3) is 0.333. The maximum atomic E-state index is 11.6. The highest BCUT2D eigenvalue weighted by atomic mass is 79.9. The van der Waals surface area contributed by atoms with Crippen molar-refractivity contribution in [2.75, 3.05) is 26.1 Å². The highest BCUT2D eigenvalue weighted by molar-refractivity contribution is 9.10. The lowest BCUT2D eigenvalue weighted by molar-refractivity contribution is -0.139. The highest BCUT2D eigenvalue weighted by Crippen LogP contribution is 2.15. The summed E-state index contributed by atoms with van der Waals surface area (Å²) in [5.41, 5.74) is 0.532. The number of hydrogen-bond acceptors (Lipinski definition) is 4. The fourth-order valence-electron chi connectivity index (χ4n) is 1.27. The van der Waals surface area contributed by atoms with Crippen LogP contribution in [0.1, 0.15) is 0 Å². The predicted molar refractivity (Wildman–Crippen MR) is 73.6 cm³/mol. The van der Waals surface area contributed by atoms with Crippen molar-refractivity contribution in [3.8, 4) is 0 Å². The monoisotopic (exact) mass is 330 g/mol. The first-order valence-corrected chi connectivity index (χ1v) is 6.26. The number of rotatable bonds is 5. The van der Waals surface area contributed by atoms with E-state index in [0.717, 1.165) is 4.47 Å². The average Bonchev–Trinajstić information content (AvgIpc) is 2.39. The molecule has 0 bridgehead atoms. The lowest BCUT2D eigenvalue weighted by atomic mass is 10.3. The minimum absolute atomic E-state index is 0.0950. The molecule has 0 saturated carbocycles. The second-order valence-electron chi connectivity index (χ2n) is 3.58. The quantitative estimate of drug-likeness (QED) is 0.626. The first-order valence-electron chi connectivity index (χ1n) is 5.47. The molecule has 6 nitrogen and oxygen atoms in total. The molecule has 2 N–H and O–H groups in total. The second kappa shape index (κ2) is 7.88. The summed E-state index contributed by atoms with van der Waals surface area (Å²) in [5, 5.41) is 4.89. The minimum atomic E-state index is -0.751. The summed E-state index contributed by atoms with van der Waals surface area (Å²) in [5.74, 6) is -1.50. The normalized spacial score (nSPS) is 10.3. The van der Waals surface area contributed by atoms with Crippen LogP contribution in [0.15, 0.2) is 28.7 Å². The Bertz CT molecular complexity index is 449. The Morgan fingerprint density at radius 3 is 2.53 bits per heavy atom. The molecule has 1 aromatic carbocycles. The van der Waals surface area contributed by atoms with Crippen molar-refractivity contribution in [1.29, 1.82) is 0 Å². The number of carbonyl (C=O) groups excluding carboxylic acids is 2. The Kier molecular flexibility index (Phi) is 6.48. The summed E-state index contributed by atoms with van der Waals surface area (Å²) in [6.07, 6.45) is -0.581. The van der Waals surface area contributed by atoms with Gasteiger partial charge in [0, 0.05) is 24.4 Å². The zero-order valence-corrected chi connectivity index (χ0v) is 12.2. The molecule has 0 aliphatic rings. The first-order chi connectivity index (χ1) is 9.06. The van der Waals surface area contributed by atoms with Crippen molar-refractivity contribution in [2.45, 2.75) is 6.29 Å². The molecule has 0 fully saturated rings. The summed E-state index contributed by atoms with van der Waals surface area (Å²) in [6, 6.07) is 6.95. The molecule has 7 heteroatoms. The van der Waals surface area contributed by atoms with Crippen molar-refractivity contribution in [3.63, 3.8) is 0 Å². The smallest absolute Gasteiger partial charge is 0.313 e. The topological polar surface area (TPSA) is 76.7 Å². The molecule has 0 heterocycles. The molecule has 104 valence electrons. The van der Waals surface area contributed by atoms with Crippen LogP contribution in [-0.2, 0) is 19.1 Å². The summed E-state index contributed by atoms with van der Waals surface area (Å²) >= 11 is 3.27. The Balaban J connectivity index is 2.47. The van der Waals surface area contributed by atoms with E-state index >= 15 is 0 Å². The van der Waals surface area contributed by atoms with E-state index < -0.39 is 18.1 Å². The molecule has 1 aromatic rings. The van der Waals surface area contributed by atoms with Gasteiger partial charge in [-0.2, -0.15) is 0 Å². The molecule has 0 saturated heterocycles. The third-order valence-electron chi connectivity index (χ3n) is 2.24. The van der Waals surface area contributed by atoms with Gasteiger partial charge in [0.2, 0.25) is 0 Å². The molecule has 0 atom stereocenters. The number of methoxy groups -OCH3 is 2. The largest absolute Gasteiger partial charge is 0.354 e. The third-order valence-corrected chi connectivity index (χ3v) is 2.74. The van der Waals surface area contributed by atoms with Gasteiger partial charge in [-0.1, -0.05) is 22.0 Å². The zero-order valence-electron chi connectivity index (χ0n) is 10.6. The number of nitrogens with one attached hydrogen (secondary N) is 2. The Hall–Kier alpha value is -1.44.